The highest BCUT2D eigenvalue weighted by Crippen LogP contribution is 2.30. The van der Waals surface area contributed by atoms with Crippen LogP contribution in [0.2, 0.25) is 0 Å². The van der Waals surface area contributed by atoms with Crippen LogP contribution in [0.5, 0.6) is 0 Å². The second-order valence-corrected chi connectivity index (χ2v) is 5.73. The third-order valence-electron chi connectivity index (χ3n) is 3.88. The highest BCUT2D eigenvalue weighted by Gasteiger charge is 2.32. The lowest BCUT2D eigenvalue weighted by atomic mass is 10.0. The Morgan fingerprint density at radius 1 is 1.37 bits per heavy atom. The molecule has 0 aliphatic heterocycles. The van der Waals surface area contributed by atoms with Gasteiger partial charge in [0.25, 0.3) is 0 Å². The van der Waals surface area contributed by atoms with Crippen molar-refractivity contribution >= 4 is 0 Å². The van der Waals surface area contributed by atoms with Gasteiger partial charge in [0, 0.05) is 25.2 Å². The van der Waals surface area contributed by atoms with Gasteiger partial charge in [-0.15, -0.1) is 0 Å². The fourth-order valence-electron chi connectivity index (χ4n) is 2.92. The van der Waals surface area contributed by atoms with Crippen LogP contribution in [0.1, 0.15) is 36.8 Å². The van der Waals surface area contributed by atoms with Crippen LogP contribution in [0.15, 0.2) is 18.2 Å². The summed E-state index contributed by atoms with van der Waals surface area (Å²) in [5.41, 5.74) is 6.57. The molecule has 0 amide bonds. The van der Waals surface area contributed by atoms with E-state index in [-0.39, 0.29) is 5.82 Å². The summed E-state index contributed by atoms with van der Waals surface area (Å²) in [4.78, 5) is 1.99. The molecule has 1 aliphatic rings. The summed E-state index contributed by atoms with van der Waals surface area (Å²) in [6.45, 7) is 1.52. The molecule has 4 heteroatoms. The van der Waals surface area contributed by atoms with Crippen LogP contribution >= 0.6 is 0 Å². The van der Waals surface area contributed by atoms with Crippen LogP contribution in [-0.4, -0.2) is 29.2 Å². The standard InChI is InChI=1S/C15H23FN2O/c1-18(11-15(19)6-2-3-7-15)10-13-8-12(9-17)4-5-14(13)16/h4-5,8,19H,2-3,6-7,9-11,17H2,1H3. The Kier molecular flexibility index (Phi) is 4.55. The van der Waals surface area contributed by atoms with E-state index in [2.05, 4.69) is 0 Å². The van der Waals surface area contributed by atoms with Gasteiger partial charge in [-0.25, -0.2) is 4.39 Å². The predicted molar refractivity (Wildman–Crippen MR) is 74.0 cm³/mol. The molecule has 0 atom stereocenters. The molecule has 1 aromatic rings. The van der Waals surface area contributed by atoms with Gasteiger partial charge in [0.1, 0.15) is 5.82 Å². The average Bonchev–Trinajstić information content (AvgIpc) is 2.78. The van der Waals surface area contributed by atoms with Crippen LogP contribution < -0.4 is 5.73 Å². The van der Waals surface area contributed by atoms with E-state index in [0.29, 0.717) is 25.2 Å². The van der Waals surface area contributed by atoms with Gasteiger partial charge in [-0.2, -0.15) is 0 Å². The Labute approximate surface area is 114 Å². The minimum Gasteiger partial charge on any atom is -0.389 e. The van der Waals surface area contributed by atoms with Crippen LogP contribution in [0.4, 0.5) is 4.39 Å². The number of likely N-dealkylation sites (N-methyl/N-ethyl adjacent to an activating group) is 1. The van der Waals surface area contributed by atoms with E-state index in [9.17, 15) is 9.50 Å². The number of nitrogens with zero attached hydrogens (tertiary/aromatic N) is 1. The topological polar surface area (TPSA) is 49.5 Å². The summed E-state index contributed by atoms with van der Waals surface area (Å²) in [6, 6.07) is 4.99. The van der Waals surface area contributed by atoms with Crippen LogP contribution in [0.3, 0.4) is 0 Å². The lowest BCUT2D eigenvalue weighted by Crippen LogP contribution is -2.38. The number of aliphatic hydroxyl groups is 1. The molecule has 1 aromatic carbocycles. The smallest absolute Gasteiger partial charge is 0.127 e. The number of hydrogen-bond donors (Lipinski definition) is 2. The normalized spacial score (nSPS) is 18.2. The van der Waals surface area contributed by atoms with Crippen LogP contribution in [-0.2, 0) is 13.1 Å². The van der Waals surface area contributed by atoms with Gasteiger partial charge in [0.05, 0.1) is 5.60 Å². The van der Waals surface area contributed by atoms with Crippen LogP contribution in [0, 0.1) is 5.82 Å². The fraction of sp³-hybridized carbons (Fsp3) is 0.600. The summed E-state index contributed by atoms with van der Waals surface area (Å²) in [6.07, 6.45) is 3.87. The largest absolute Gasteiger partial charge is 0.389 e. The first-order chi connectivity index (χ1) is 9.02. The molecule has 0 spiro atoms. The van der Waals surface area contributed by atoms with Crippen molar-refractivity contribution in [3.05, 3.63) is 35.1 Å². The second-order valence-electron chi connectivity index (χ2n) is 5.73. The van der Waals surface area contributed by atoms with Crippen molar-refractivity contribution in [2.24, 2.45) is 5.73 Å². The predicted octanol–water partition coefficient (Wildman–Crippen LogP) is 2.02. The van der Waals surface area contributed by atoms with E-state index in [1.807, 2.05) is 18.0 Å². The Morgan fingerprint density at radius 3 is 2.68 bits per heavy atom. The van der Waals surface area contributed by atoms with Gasteiger partial charge in [-0.05, 0) is 31.5 Å². The zero-order chi connectivity index (χ0) is 13.9. The molecule has 106 valence electrons. The summed E-state index contributed by atoms with van der Waals surface area (Å²) < 4.78 is 13.7. The third-order valence-corrected chi connectivity index (χ3v) is 3.88. The van der Waals surface area contributed by atoms with Crippen molar-refractivity contribution in [3.63, 3.8) is 0 Å². The zero-order valence-electron chi connectivity index (χ0n) is 11.5. The average molecular weight is 266 g/mol. The van der Waals surface area contributed by atoms with Gasteiger partial charge in [0.15, 0.2) is 0 Å². The van der Waals surface area contributed by atoms with E-state index < -0.39 is 5.60 Å². The zero-order valence-corrected chi connectivity index (χ0v) is 11.5. The summed E-state index contributed by atoms with van der Waals surface area (Å²) in [7, 11) is 1.92. The first kappa shape index (κ1) is 14.4. The molecule has 1 saturated carbocycles. The van der Waals surface area contributed by atoms with E-state index in [1.54, 1.807) is 6.07 Å². The van der Waals surface area contributed by atoms with Crippen molar-refractivity contribution in [1.29, 1.82) is 0 Å². The number of hydrogen-bond acceptors (Lipinski definition) is 3. The number of rotatable bonds is 5. The molecule has 0 bridgehead atoms. The van der Waals surface area contributed by atoms with Crippen molar-refractivity contribution in [2.75, 3.05) is 13.6 Å². The molecule has 3 N–H and O–H groups in total. The second kappa shape index (κ2) is 5.99. The molecule has 1 fully saturated rings. The van der Waals surface area contributed by atoms with Gasteiger partial charge >= 0.3 is 0 Å². The Morgan fingerprint density at radius 2 is 2.05 bits per heavy atom. The van der Waals surface area contributed by atoms with Crippen molar-refractivity contribution < 1.29 is 9.50 Å². The van der Waals surface area contributed by atoms with Gasteiger partial charge in [0.2, 0.25) is 0 Å². The van der Waals surface area contributed by atoms with Gasteiger partial charge in [-0.3, -0.25) is 4.90 Å². The quantitative estimate of drug-likeness (QED) is 0.857. The van der Waals surface area contributed by atoms with E-state index >= 15 is 0 Å². The van der Waals surface area contributed by atoms with Gasteiger partial charge < -0.3 is 10.8 Å². The molecule has 2 rings (SSSR count). The molecule has 0 saturated heterocycles. The Balaban J connectivity index is 2.00. The van der Waals surface area contributed by atoms with Gasteiger partial charge in [-0.1, -0.05) is 25.0 Å². The van der Waals surface area contributed by atoms with E-state index in [4.69, 9.17) is 5.73 Å². The maximum atomic E-state index is 13.7. The molecule has 0 unspecified atom stereocenters. The van der Waals surface area contributed by atoms with Crippen molar-refractivity contribution in [2.45, 2.75) is 44.4 Å². The van der Waals surface area contributed by atoms with E-state index in [0.717, 1.165) is 31.2 Å². The molecular formula is C15H23FN2O. The number of nitrogens with two attached hydrogens (primary N) is 1. The van der Waals surface area contributed by atoms with Crippen molar-refractivity contribution in [3.8, 4) is 0 Å². The number of benzene rings is 1. The summed E-state index contributed by atoms with van der Waals surface area (Å²) in [5, 5.41) is 10.4. The maximum Gasteiger partial charge on any atom is 0.127 e. The molecule has 1 aliphatic carbocycles. The molecule has 0 aromatic heterocycles. The lowest BCUT2D eigenvalue weighted by molar-refractivity contribution is 0.0143. The fourth-order valence-corrected chi connectivity index (χ4v) is 2.92. The lowest BCUT2D eigenvalue weighted by Gasteiger charge is -2.28. The molecule has 19 heavy (non-hydrogen) atoms. The third kappa shape index (κ3) is 3.75. The summed E-state index contributed by atoms with van der Waals surface area (Å²) in [5.74, 6) is -0.206. The van der Waals surface area contributed by atoms with E-state index in [1.165, 1.54) is 6.07 Å². The maximum absolute atomic E-state index is 13.7. The Bertz CT molecular complexity index is 430. The number of halogens is 1. The molecular weight excluding hydrogens is 243 g/mol. The SMILES string of the molecule is CN(Cc1cc(CN)ccc1F)CC1(O)CCCC1. The van der Waals surface area contributed by atoms with Crippen molar-refractivity contribution in [1.82, 2.24) is 4.90 Å². The Hall–Kier alpha value is -0.970. The minimum atomic E-state index is -0.587. The first-order valence-corrected chi connectivity index (χ1v) is 6.91. The molecule has 3 nitrogen and oxygen atoms in total. The minimum absolute atomic E-state index is 0.206. The molecule has 0 heterocycles. The highest BCUT2D eigenvalue weighted by molar-refractivity contribution is 5.25. The highest BCUT2D eigenvalue weighted by atomic mass is 19.1. The molecule has 0 radical (unpaired) electrons. The first-order valence-electron chi connectivity index (χ1n) is 6.91. The monoisotopic (exact) mass is 266 g/mol. The van der Waals surface area contributed by atoms with Crippen LogP contribution in [0.25, 0.3) is 0 Å². The summed E-state index contributed by atoms with van der Waals surface area (Å²) >= 11 is 0.